The molecule has 3 N–H and O–H groups in total. The summed E-state index contributed by atoms with van der Waals surface area (Å²) < 4.78 is 11.5. The number of fused-ring (bicyclic) bond motifs is 1. The highest BCUT2D eigenvalue weighted by Gasteiger charge is 2.24. The lowest BCUT2D eigenvalue weighted by molar-refractivity contribution is -0.124. The molecule has 5 aromatic rings. The van der Waals surface area contributed by atoms with Crippen LogP contribution in [0.25, 0.3) is 21.3 Å². The van der Waals surface area contributed by atoms with Crippen molar-refractivity contribution in [2.45, 2.75) is 39.5 Å². The van der Waals surface area contributed by atoms with E-state index < -0.39 is 23.9 Å². The van der Waals surface area contributed by atoms with E-state index in [4.69, 9.17) is 9.47 Å². The molecule has 2 heterocycles. The fraction of sp³-hybridized carbons (Fsp3) is 0.206. The first-order chi connectivity index (χ1) is 21.9. The minimum atomic E-state index is -0.929. The molecule has 45 heavy (non-hydrogen) atoms. The molecule has 0 aliphatic rings. The maximum absolute atomic E-state index is 13.0. The second-order valence-electron chi connectivity index (χ2n) is 10.7. The summed E-state index contributed by atoms with van der Waals surface area (Å²) in [5.41, 5.74) is 7.54. The topological polar surface area (TPSA) is 132 Å². The van der Waals surface area contributed by atoms with Crippen LogP contribution in [-0.2, 0) is 22.7 Å². The number of pyridine rings is 1. The summed E-state index contributed by atoms with van der Waals surface area (Å²) in [5, 5.41) is 6.76. The average molecular weight is 624 g/mol. The first-order valence-electron chi connectivity index (χ1n) is 14.4. The Morgan fingerprint density at radius 3 is 2.36 bits per heavy atom. The third kappa shape index (κ3) is 8.42. The zero-order chi connectivity index (χ0) is 31.6. The Morgan fingerprint density at radius 1 is 0.844 bits per heavy atom. The van der Waals surface area contributed by atoms with Crippen LogP contribution in [0.1, 0.15) is 41.9 Å². The lowest BCUT2D eigenvalue weighted by Crippen LogP contribution is -2.52. The Balaban J connectivity index is 1.25. The molecule has 0 radical (unpaired) electrons. The van der Waals surface area contributed by atoms with Gasteiger partial charge in [0, 0.05) is 17.8 Å². The molecule has 0 aliphatic carbocycles. The van der Waals surface area contributed by atoms with Crippen molar-refractivity contribution in [2.24, 2.45) is 5.92 Å². The van der Waals surface area contributed by atoms with Crippen molar-refractivity contribution in [1.29, 1.82) is 0 Å². The normalized spacial score (nSPS) is 11.5. The summed E-state index contributed by atoms with van der Waals surface area (Å²) in [4.78, 5) is 47.0. The van der Waals surface area contributed by atoms with E-state index in [0.717, 1.165) is 27.5 Å². The van der Waals surface area contributed by atoms with Gasteiger partial charge in [-0.2, -0.15) is 0 Å². The van der Waals surface area contributed by atoms with E-state index in [1.807, 2.05) is 80.6 Å². The first-order valence-corrected chi connectivity index (χ1v) is 15.3. The summed E-state index contributed by atoms with van der Waals surface area (Å²) >= 11 is 1.30. The van der Waals surface area contributed by atoms with Gasteiger partial charge in [-0.25, -0.2) is 9.78 Å². The number of carbonyl (C=O) groups excluding carboxylic acids is 3. The molecular formula is C34H33N5O5S. The monoisotopic (exact) mass is 623 g/mol. The van der Waals surface area contributed by atoms with Gasteiger partial charge in [0.2, 0.25) is 0 Å². The average Bonchev–Trinajstić information content (AvgIpc) is 3.55. The van der Waals surface area contributed by atoms with Crippen molar-refractivity contribution >= 4 is 40.0 Å². The van der Waals surface area contributed by atoms with Crippen LogP contribution in [-0.4, -0.2) is 33.9 Å². The van der Waals surface area contributed by atoms with E-state index in [2.05, 4.69) is 26.1 Å². The van der Waals surface area contributed by atoms with E-state index in [0.29, 0.717) is 23.8 Å². The number of ether oxygens (including phenoxy) is 2. The standard InChI is InChI=1S/C34H33N5O5S/c1-22(2)18-27(37-34(42)44-20-24-14-16-35-17-15-24)31(40)38-39-32(41)28-21-45-33(36-28)30-26-11-7-6-10-25(26)12-13-29(30)43-19-23-8-4-3-5-9-23/h3-17,21-22,27H,18-20H2,1-2H3,(H,37,42)(H,38,40)(H,39,41)/t27-/m0/s1. The van der Waals surface area contributed by atoms with Crippen LogP contribution >= 0.6 is 11.3 Å². The van der Waals surface area contributed by atoms with E-state index in [-0.39, 0.29) is 18.2 Å². The van der Waals surface area contributed by atoms with Crippen LogP contribution in [0.5, 0.6) is 5.75 Å². The van der Waals surface area contributed by atoms with Crippen molar-refractivity contribution in [2.75, 3.05) is 0 Å². The Hall–Kier alpha value is -5.29. The fourth-order valence-electron chi connectivity index (χ4n) is 4.60. The number of amides is 3. The number of rotatable bonds is 11. The highest BCUT2D eigenvalue weighted by atomic mass is 32.1. The van der Waals surface area contributed by atoms with Crippen molar-refractivity contribution in [3.05, 3.63) is 113 Å². The number of nitrogens with zero attached hydrogens (tertiary/aromatic N) is 2. The maximum atomic E-state index is 13.0. The molecular weight excluding hydrogens is 590 g/mol. The van der Waals surface area contributed by atoms with Gasteiger partial charge < -0.3 is 14.8 Å². The molecule has 1 atom stereocenters. The van der Waals surface area contributed by atoms with E-state index in [1.165, 1.54) is 11.3 Å². The van der Waals surface area contributed by atoms with Gasteiger partial charge in [-0.1, -0.05) is 74.5 Å². The molecule has 0 saturated heterocycles. The van der Waals surface area contributed by atoms with Crippen molar-refractivity contribution < 1.29 is 23.9 Å². The minimum Gasteiger partial charge on any atom is -0.488 e. The fourth-order valence-corrected chi connectivity index (χ4v) is 5.47. The maximum Gasteiger partial charge on any atom is 0.408 e. The van der Waals surface area contributed by atoms with Crippen LogP contribution in [0.15, 0.2) is 96.6 Å². The molecule has 0 saturated carbocycles. The molecule has 0 fully saturated rings. The quantitative estimate of drug-likeness (QED) is 0.153. The molecule has 0 aliphatic heterocycles. The number of thiazole rings is 1. The summed E-state index contributed by atoms with van der Waals surface area (Å²) in [6.45, 7) is 4.25. The number of nitrogens with one attached hydrogen (secondary N) is 3. The van der Waals surface area contributed by atoms with Crippen molar-refractivity contribution in [3.8, 4) is 16.3 Å². The van der Waals surface area contributed by atoms with E-state index in [9.17, 15) is 14.4 Å². The Bertz CT molecular complexity index is 1760. The summed E-state index contributed by atoms with van der Waals surface area (Å²) in [6, 6.07) is 24.2. The summed E-state index contributed by atoms with van der Waals surface area (Å²) in [6.07, 6.45) is 2.78. The molecule has 2 aromatic heterocycles. The molecule has 3 amide bonds. The van der Waals surface area contributed by atoms with Gasteiger partial charge in [-0.05, 0) is 52.4 Å². The van der Waals surface area contributed by atoms with Crippen LogP contribution in [0, 0.1) is 5.92 Å². The largest absolute Gasteiger partial charge is 0.488 e. The molecule has 0 bridgehead atoms. The Labute approximate surface area is 264 Å². The lowest BCUT2D eigenvalue weighted by Gasteiger charge is -2.20. The molecule has 10 nitrogen and oxygen atoms in total. The van der Waals surface area contributed by atoms with Gasteiger partial charge in [0.05, 0.1) is 5.56 Å². The van der Waals surface area contributed by atoms with Crippen LogP contribution in [0.4, 0.5) is 4.79 Å². The van der Waals surface area contributed by atoms with Gasteiger partial charge in [0.25, 0.3) is 11.8 Å². The molecule has 5 rings (SSSR count). The van der Waals surface area contributed by atoms with Crippen LogP contribution < -0.4 is 20.9 Å². The van der Waals surface area contributed by atoms with Gasteiger partial charge >= 0.3 is 6.09 Å². The third-order valence-electron chi connectivity index (χ3n) is 6.81. The third-order valence-corrected chi connectivity index (χ3v) is 7.67. The second-order valence-corrected chi connectivity index (χ2v) is 11.5. The van der Waals surface area contributed by atoms with Gasteiger partial charge in [0.15, 0.2) is 0 Å². The number of hydrogen-bond acceptors (Lipinski definition) is 8. The van der Waals surface area contributed by atoms with Crippen molar-refractivity contribution in [3.63, 3.8) is 0 Å². The van der Waals surface area contributed by atoms with Gasteiger partial charge in [-0.15, -0.1) is 11.3 Å². The first kappa shape index (κ1) is 31.1. The van der Waals surface area contributed by atoms with Gasteiger partial charge in [-0.3, -0.25) is 25.4 Å². The van der Waals surface area contributed by atoms with Crippen molar-refractivity contribution in [1.82, 2.24) is 26.1 Å². The molecule has 0 spiro atoms. The zero-order valence-electron chi connectivity index (χ0n) is 24.9. The summed E-state index contributed by atoms with van der Waals surface area (Å²) in [5.74, 6) is -0.456. The molecule has 3 aromatic carbocycles. The number of aromatic nitrogens is 2. The molecule has 0 unspecified atom stereocenters. The zero-order valence-corrected chi connectivity index (χ0v) is 25.7. The molecule has 11 heteroatoms. The Morgan fingerprint density at radius 2 is 1.58 bits per heavy atom. The SMILES string of the molecule is CC(C)C[C@H](NC(=O)OCc1ccncc1)C(=O)NNC(=O)c1csc(-c2c(OCc3ccccc3)ccc3ccccc23)n1. The number of hydrogen-bond donors (Lipinski definition) is 3. The van der Waals surface area contributed by atoms with E-state index >= 15 is 0 Å². The second kappa shape index (κ2) is 14.9. The van der Waals surface area contributed by atoms with Gasteiger partial charge in [0.1, 0.15) is 35.7 Å². The van der Waals surface area contributed by atoms with E-state index in [1.54, 1.807) is 29.9 Å². The highest BCUT2D eigenvalue weighted by Crippen LogP contribution is 2.39. The summed E-state index contributed by atoms with van der Waals surface area (Å²) in [7, 11) is 0. The number of hydrazine groups is 1. The Kier molecular flexibility index (Phi) is 10.3. The minimum absolute atomic E-state index is 0.0307. The number of benzene rings is 3. The highest BCUT2D eigenvalue weighted by molar-refractivity contribution is 7.13. The predicted molar refractivity (Wildman–Crippen MR) is 172 cm³/mol. The number of alkyl carbamates (subject to hydrolysis) is 1. The van der Waals surface area contributed by atoms with Crippen LogP contribution in [0.2, 0.25) is 0 Å². The number of carbonyl (C=O) groups is 3. The van der Waals surface area contributed by atoms with Crippen LogP contribution in [0.3, 0.4) is 0 Å². The molecule has 230 valence electrons. The predicted octanol–water partition coefficient (Wildman–Crippen LogP) is 6.04. The lowest BCUT2D eigenvalue weighted by atomic mass is 10.0. The smallest absolute Gasteiger partial charge is 0.408 e.